The topological polar surface area (TPSA) is 4.36 Å². The van der Waals surface area contributed by atoms with Crippen LogP contribution in [0.5, 0.6) is 0 Å². The summed E-state index contributed by atoms with van der Waals surface area (Å²) in [6.45, 7) is 10.8. The van der Waals surface area contributed by atoms with Crippen LogP contribution in [0.4, 0.5) is 0 Å². The summed E-state index contributed by atoms with van der Waals surface area (Å²) in [5, 5.41) is 0.730. The quantitative estimate of drug-likeness (QED) is 0.580. The highest BCUT2D eigenvalue weighted by molar-refractivity contribution is 6.30. The van der Waals surface area contributed by atoms with Gasteiger partial charge in [0.2, 0.25) is 6.04 Å². The minimum absolute atomic E-state index is 0.0673. The first kappa shape index (κ1) is 9.09. The highest BCUT2D eigenvalue weighted by atomic mass is 35.5. The van der Waals surface area contributed by atoms with Crippen molar-refractivity contribution in [3.8, 4) is 0 Å². The number of nitrogens with zero attached hydrogens (tertiary/aromatic N) is 1. The van der Waals surface area contributed by atoms with E-state index < -0.39 is 0 Å². The molecule has 0 radical (unpaired) electrons. The van der Waals surface area contributed by atoms with Crippen molar-refractivity contribution in [3.05, 3.63) is 45.8 Å². The highest BCUT2D eigenvalue weighted by Crippen LogP contribution is 2.23. The Labute approximate surface area is 77.8 Å². The average molecular weight is 180 g/mol. The lowest BCUT2D eigenvalue weighted by atomic mass is 10.0. The molecule has 0 fully saturated rings. The van der Waals surface area contributed by atoms with Crippen LogP contribution in [-0.2, 0) is 0 Å². The predicted molar refractivity (Wildman–Crippen MR) is 51.2 cm³/mol. The van der Waals surface area contributed by atoms with E-state index >= 15 is 0 Å². The van der Waals surface area contributed by atoms with Crippen LogP contribution in [0.25, 0.3) is 4.85 Å². The van der Waals surface area contributed by atoms with E-state index in [1.807, 2.05) is 32.0 Å². The highest BCUT2D eigenvalue weighted by Gasteiger charge is 2.10. The summed E-state index contributed by atoms with van der Waals surface area (Å²) in [5.41, 5.74) is 2.15. The van der Waals surface area contributed by atoms with E-state index in [4.69, 9.17) is 18.2 Å². The van der Waals surface area contributed by atoms with Gasteiger partial charge in [-0.3, -0.25) is 0 Å². The fraction of sp³-hybridized carbons (Fsp3) is 0.300. The number of benzene rings is 1. The molecule has 0 N–H and O–H groups in total. The van der Waals surface area contributed by atoms with Crippen molar-refractivity contribution in [1.29, 1.82) is 0 Å². The molecule has 1 unspecified atom stereocenters. The smallest absolute Gasteiger partial charge is 0.246 e. The van der Waals surface area contributed by atoms with E-state index in [2.05, 4.69) is 4.85 Å². The van der Waals surface area contributed by atoms with E-state index in [9.17, 15) is 0 Å². The second kappa shape index (κ2) is 3.60. The molecule has 1 aromatic rings. The second-order valence-corrected chi connectivity index (χ2v) is 3.24. The van der Waals surface area contributed by atoms with Gasteiger partial charge in [-0.1, -0.05) is 11.6 Å². The van der Waals surface area contributed by atoms with Crippen molar-refractivity contribution in [2.45, 2.75) is 19.9 Å². The zero-order valence-corrected chi connectivity index (χ0v) is 7.89. The zero-order chi connectivity index (χ0) is 9.14. The summed E-state index contributed by atoms with van der Waals surface area (Å²) in [4.78, 5) is 3.46. The first-order chi connectivity index (χ1) is 5.65. The van der Waals surface area contributed by atoms with Gasteiger partial charge < -0.3 is 4.85 Å². The average Bonchev–Trinajstić information content (AvgIpc) is 2.03. The molecule has 0 aromatic heterocycles. The maximum Gasteiger partial charge on any atom is 0.246 e. The van der Waals surface area contributed by atoms with Crippen molar-refractivity contribution in [1.82, 2.24) is 0 Å². The Balaban J connectivity index is 3.11. The van der Waals surface area contributed by atoms with Crippen molar-refractivity contribution in [2.75, 3.05) is 0 Å². The minimum Gasteiger partial charge on any atom is -0.309 e. The third kappa shape index (κ3) is 1.78. The largest absolute Gasteiger partial charge is 0.309 e. The second-order valence-electron chi connectivity index (χ2n) is 2.81. The standard InChI is InChI=1S/C10H10ClN/c1-7-6-9(11)4-5-10(7)8(2)12-3/h4-6,8H,1-2H3. The summed E-state index contributed by atoms with van der Waals surface area (Å²) < 4.78 is 0. The van der Waals surface area contributed by atoms with Crippen molar-refractivity contribution in [2.24, 2.45) is 0 Å². The van der Waals surface area contributed by atoms with Gasteiger partial charge in [0.05, 0.1) is 0 Å². The molecule has 0 heterocycles. The Morgan fingerprint density at radius 1 is 1.50 bits per heavy atom. The molecule has 0 amide bonds. The molecule has 1 nitrogen and oxygen atoms in total. The van der Waals surface area contributed by atoms with E-state index in [1.54, 1.807) is 0 Å². The number of rotatable bonds is 1. The maximum atomic E-state index is 6.89. The van der Waals surface area contributed by atoms with Gasteiger partial charge in [0.1, 0.15) is 0 Å². The SMILES string of the molecule is [C-]#[N+]C(C)c1ccc(Cl)cc1C. The van der Waals surface area contributed by atoms with Crippen LogP contribution in [0.2, 0.25) is 5.02 Å². The third-order valence-electron chi connectivity index (χ3n) is 1.88. The lowest BCUT2D eigenvalue weighted by molar-refractivity contribution is 0.947. The van der Waals surface area contributed by atoms with E-state index in [-0.39, 0.29) is 6.04 Å². The molecule has 12 heavy (non-hydrogen) atoms. The molecule has 1 aromatic carbocycles. The molecule has 0 aliphatic heterocycles. The van der Waals surface area contributed by atoms with E-state index in [0.717, 1.165) is 16.1 Å². The van der Waals surface area contributed by atoms with Gasteiger partial charge in [0, 0.05) is 17.5 Å². The van der Waals surface area contributed by atoms with Crippen LogP contribution in [-0.4, -0.2) is 0 Å². The molecule has 0 aliphatic carbocycles. The van der Waals surface area contributed by atoms with Gasteiger partial charge in [0.25, 0.3) is 0 Å². The summed E-state index contributed by atoms with van der Waals surface area (Å²) in [5.74, 6) is 0. The van der Waals surface area contributed by atoms with Gasteiger partial charge in [-0.2, -0.15) is 0 Å². The van der Waals surface area contributed by atoms with Crippen LogP contribution < -0.4 is 0 Å². The number of aryl methyl sites for hydroxylation is 1. The Morgan fingerprint density at radius 2 is 2.17 bits per heavy atom. The maximum absolute atomic E-state index is 6.89. The van der Waals surface area contributed by atoms with Crippen LogP contribution >= 0.6 is 11.6 Å². The Morgan fingerprint density at radius 3 is 2.67 bits per heavy atom. The Bertz CT molecular complexity index is 325. The van der Waals surface area contributed by atoms with Gasteiger partial charge in [0.15, 0.2) is 0 Å². The fourth-order valence-corrected chi connectivity index (χ4v) is 1.40. The van der Waals surface area contributed by atoms with Crippen LogP contribution in [0.3, 0.4) is 0 Å². The molecule has 1 atom stereocenters. The lowest BCUT2D eigenvalue weighted by Crippen LogP contribution is -1.90. The minimum atomic E-state index is -0.0673. The van der Waals surface area contributed by atoms with Crippen LogP contribution in [0, 0.1) is 13.5 Å². The first-order valence-electron chi connectivity index (χ1n) is 3.77. The summed E-state index contributed by atoms with van der Waals surface area (Å²) >= 11 is 5.79. The molecule has 0 bridgehead atoms. The molecule has 1 rings (SSSR count). The molecular weight excluding hydrogens is 170 g/mol. The monoisotopic (exact) mass is 179 g/mol. The Hall–Kier alpha value is -1.00. The molecule has 0 aliphatic rings. The molecule has 0 saturated carbocycles. The van der Waals surface area contributed by atoms with Crippen molar-refractivity contribution < 1.29 is 0 Å². The van der Waals surface area contributed by atoms with Crippen molar-refractivity contribution >= 4 is 11.6 Å². The van der Waals surface area contributed by atoms with Crippen LogP contribution in [0.15, 0.2) is 18.2 Å². The fourth-order valence-electron chi connectivity index (χ4n) is 1.18. The van der Waals surface area contributed by atoms with Crippen LogP contribution in [0.1, 0.15) is 24.1 Å². The predicted octanol–water partition coefficient (Wildman–Crippen LogP) is 3.63. The molecule has 62 valence electrons. The normalized spacial score (nSPS) is 12.2. The number of halogens is 1. The molecule has 0 spiro atoms. The Kier molecular flexibility index (Phi) is 2.73. The van der Waals surface area contributed by atoms with Gasteiger partial charge in [-0.15, -0.1) is 0 Å². The number of hydrogen-bond acceptors (Lipinski definition) is 0. The molecule has 0 saturated heterocycles. The first-order valence-corrected chi connectivity index (χ1v) is 4.15. The van der Waals surface area contributed by atoms with Gasteiger partial charge in [-0.05, 0) is 30.7 Å². The van der Waals surface area contributed by atoms with Gasteiger partial charge >= 0.3 is 0 Å². The molecule has 2 heteroatoms. The summed E-state index contributed by atoms with van der Waals surface area (Å²) in [7, 11) is 0. The van der Waals surface area contributed by atoms with E-state index in [0.29, 0.717) is 0 Å². The number of hydrogen-bond donors (Lipinski definition) is 0. The van der Waals surface area contributed by atoms with Gasteiger partial charge in [-0.25, -0.2) is 6.57 Å². The summed E-state index contributed by atoms with van der Waals surface area (Å²) in [6, 6.07) is 5.56. The molecular formula is C10H10ClN. The zero-order valence-electron chi connectivity index (χ0n) is 7.13. The lowest BCUT2D eigenvalue weighted by Gasteiger charge is -2.03. The van der Waals surface area contributed by atoms with Crippen molar-refractivity contribution in [3.63, 3.8) is 0 Å². The third-order valence-corrected chi connectivity index (χ3v) is 2.11. The summed E-state index contributed by atoms with van der Waals surface area (Å²) in [6.07, 6.45) is 0. The van der Waals surface area contributed by atoms with E-state index in [1.165, 1.54) is 0 Å².